The molecule has 25 nitrogen and oxygen atoms in total. The summed E-state index contributed by atoms with van der Waals surface area (Å²) in [5.41, 5.74) is 18.8. The normalized spacial score (nSPS) is 28.2. The zero-order valence-corrected chi connectivity index (χ0v) is 70.2. The number of H-pyrrole nitrogens is 1. The molecule has 9 aromatic carbocycles. The van der Waals surface area contributed by atoms with Gasteiger partial charge in [-0.1, -0.05) is 146 Å². The maximum absolute atomic E-state index is 10.6. The number of para-hydroxylation sites is 2. The third-order valence-electron chi connectivity index (χ3n) is 25.5. The minimum Gasteiger partial charge on any atom is -0.493 e. The number of nitrogens with one attached hydrogen (secondary N) is 2. The molecule has 0 unspecified atom stereocenters. The van der Waals surface area contributed by atoms with Crippen molar-refractivity contribution >= 4 is 34.6 Å². The number of hydrogen-bond acceptors (Lipinski definition) is 24. The number of ether oxygens (including phenoxy) is 8. The van der Waals surface area contributed by atoms with E-state index in [-0.39, 0.29) is 12.5 Å². The Hall–Kier alpha value is -9.11. The third-order valence-corrected chi connectivity index (χ3v) is 26.2. The summed E-state index contributed by atoms with van der Waals surface area (Å²) in [7, 11) is 0. The average molecular weight is 1740 g/mol. The Morgan fingerprint density at radius 2 is 0.984 bits per heavy atom. The SMILES string of the molecule is CC[C@H]1O[C@@H](c2ccc(Cl)c(Cc3ccc4c(c3)-c3[nH]ncc3CO4)c2)[C@H](O)[C@@H](O)[C@@H]1O.C[C@H]1O[C@@H](c2ccc(Cl)c(Cc3ccc4c(c3)Nc3ccccc3O4)c2)[C@H](O)[C@@H](O)[C@@H]1O.OC[C@H]1C[C@@H](c2cccc(Cc3ccc4c(c3)OCCO4)c2)[C@H](O)[C@@H](O)[C@@H]1O.OC[C@H]1O[C@@H](c2ccc(C3CCC3)c(Cc3ccc4c(c3)CCCO4)c2)[C@H](O)[C@@H](O)[C@@H]1O. The van der Waals surface area contributed by atoms with Crippen LogP contribution in [-0.4, -0.2) is 206 Å². The monoisotopic (exact) mass is 1740 g/mol. The zero-order valence-electron chi connectivity index (χ0n) is 68.7. The number of nitrogens with zero attached hydrogens (tertiary/aromatic N) is 1. The smallest absolute Gasteiger partial charge is 0.161 e. The summed E-state index contributed by atoms with van der Waals surface area (Å²) in [6.45, 7) is 5.27. The number of aliphatic hydroxyl groups is 14. The van der Waals surface area contributed by atoms with Gasteiger partial charge < -0.3 is 115 Å². The van der Waals surface area contributed by atoms with E-state index < -0.39 is 122 Å². The highest BCUT2D eigenvalue weighted by Crippen LogP contribution is 2.47. The van der Waals surface area contributed by atoms with E-state index in [1.54, 1.807) is 37.4 Å². The predicted octanol–water partition coefficient (Wildman–Crippen LogP) is 11.1. The molecular formula is C97H107Cl2N3O22. The zero-order chi connectivity index (χ0) is 86.7. The molecule has 16 N–H and O–H groups in total. The lowest BCUT2D eigenvalue weighted by atomic mass is 9.73. The van der Waals surface area contributed by atoms with Crippen molar-refractivity contribution < 1.29 is 109 Å². The number of aliphatic hydroxyl groups excluding tert-OH is 14. The van der Waals surface area contributed by atoms with Gasteiger partial charge in [0.05, 0.1) is 60.9 Å². The van der Waals surface area contributed by atoms with Gasteiger partial charge in [0, 0.05) is 39.6 Å². The highest BCUT2D eigenvalue weighted by atomic mass is 35.5. The van der Waals surface area contributed by atoms with E-state index in [0.717, 1.165) is 133 Å². The van der Waals surface area contributed by atoms with Crippen molar-refractivity contribution in [3.05, 3.63) is 276 Å². The summed E-state index contributed by atoms with van der Waals surface area (Å²) in [5.74, 6) is 4.61. The molecule has 656 valence electrons. The first kappa shape index (κ1) is 88.3. The summed E-state index contributed by atoms with van der Waals surface area (Å²) in [5, 5.41) is 154. The van der Waals surface area contributed by atoms with E-state index >= 15 is 0 Å². The van der Waals surface area contributed by atoms with Crippen molar-refractivity contribution in [2.45, 2.75) is 213 Å². The molecule has 0 bridgehead atoms. The second kappa shape index (κ2) is 39.0. The number of aryl methyl sites for hydroxylation is 1. The average Bonchev–Trinajstić information content (AvgIpc) is 1.75. The highest BCUT2D eigenvalue weighted by molar-refractivity contribution is 6.31. The number of benzene rings is 9. The molecule has 1 aromatic heterocycles. The van der Waals surface area contributed by atoms with E-state index in [4.69, 9.17) is 61.1 Å². The summed E-state index contributed by atoms with van der Waals surface area (Å²) < 4.78 is 46.3. The minimum absolute atomic E-state index is 0.224. The van der Waals surface area contributed by atoms with Gasteiger partial charge in [0.25, 0.3) is 0 Å². The van der Waals surface area contributed by atoms with Crippen molar-refractivity contribution in [3.63, 3.8) is 0 Å². The first-order chi connectivity index (χ1) is 60.0. The van der Waals surface area contributed by atoms with Crippen LogP contribution < -0.4 is 29.0 Å². The lowest BCUT2D eigenvalue weighted by molar-refractivity contribution is -0.231. The van der Waals surface area contributed by atoms with E-state index in [1.807, 2.05) is 122 Å². The van der Waals surface area contributed by atoms with Gasteiger partial charge >= 0.3 is 0 Å². The van der Waals surface area contributed by atoms with Crippen LogP contribution in [0.2, 0.25) is 10.0 Å². The van der Waals surface area contributed by atoms with Crippen LogP contribution in [0.1, 0.15) is 166 Å². The second-order valence-corrected chi connectivity index (χ2v) is 34.6. The number of rotatable bonds is 16. The van der Waals surface area contributed by atoms with Crippen molar-refractivity contribution in [3.8, 4) is 45.8 Å². The first-order valence-corrected chi connectivity index (χ1v) is 43.4. The van der Waals surface area contributed by atoms with E-state index in [1.165, 1.54) is 41.5 Å². The number of aromatic nitrogens is 2. The van der Waals surface area contributed by atoms with E-state index in [0.29, 0.717) is 79.0 Å². The molecule has 27 heteroatoms. The molecule has 7 aliphatic heterocycles. The molecule has 19 rings (SSSR count). The van der Waals surface area contributed by atoms with Gasteiger partial charge in [-0.3, -0.25) is 5.10 Å². The molecule has 0 spiro atoms. The molecular weight excluding hydrogens is 1630 g/mol. The van der Waals surface area contributed by atoms with Crippen LogP contribution in [0.3, 0.4) is 0 Å². The molecule has 8 heterocycles. The molecule has 10 aromatic rings. The fourth-order valence-electron chi connectivity index (χ4n) is 18.2. The Balaban J connectivity index is 0.000000122. The molecule has 3 saturated heterocycles. The van der Waals surface area contributed by atoms with Crippen molar-refractivity contribution in [1.29, 1.82) is 0 Å². The van der Waals surface area contributed by atoms with Gasteiger partial charge in [0.2, 0.25) is 0 Å². The lowest BCUT2D eigenvalue weighted by Crippen LogP contribution is -2.55. The molecule has 9 aliphatic rings. The quantitative estimate of drug-likeness (QED) is 0.0427. The molecule has 20 atom stereocenters. The summed E-state index contributed by atoms with van der Waals surface area (Å²) >= 11 is 13.0. The van der Waals surface area contributed by atoms with E-state index in [2.05, 4.69) is 51.9 Å². The van der Waals surface area contributed by atoms with Gasteiger partial charge in [-0.15, -0.1) is 0 Å². The Kier molecular flexibility index (Phi) is 27.8. The van der Waals surface area contributed by atoms with E-state index in [9.17, 15) is 71.5 Å². The van der Waals surface area contributed by atoms with Crippen LogP contribution >= 0.6 is 23.2 Å². The Bertz CT molecular complexity index is 5360. The molecule has 5 fully saturated rings. The number of hydrogen-bond donors (Lipinski definition) is 16. The molecule has 2 saturated carbocycles. The minimum atomic E-state index is -1.37. The Morgan fingerprint density at radius 1 is 0.419 bits per heavy atom. The van der Waals surface area contributed by atoms with Crippen molar-refractivity contribution in [2.24, 2.45) is 5.92 Å². The van der Waals surface area contributed by atoms with Gasteiger partial charge in [-0.25, -0.2) is 0 Å². The lowest BCUT2D eigenvalue weighted by Gasteiger charge is -2.40. The molecule has 0 amide bonds. The van der Waals surface area contributed by atoms with Crippen molar-refractivity contribution in [1.82, 2.24) is 10.2 Å². The fourth-order valence-corrected chi connectivity index (χ4v) is 18.5. The Labute approximate surface area is 728 Å². The number of aromatic amines is 1. The topological polar surface area (TPSA) is 398 Å². The molecule has 0 radical (unpaired) electrons. The fraction of sp³-hybridized carbons (Fsp3) is 0.412. The first-order valence-electron chi connectivity index (χ1n) is 42.7. The molecule has 2 aliphatic carbocycles. The van der Waals surface area contributed by atoms with Crippen LogP contribution in [-0.2, 0) is 52.9 Å². The van der Waals surface area contributed by atoms with Crippen LogP contribution in [0.15, 0.2) is 182 Å². The summed E-state index contributed by atoms with van der Waals surface area (Å²) in [6, 6.07) is 57.0. The van der Waals surface area contributed by atoms with Gasteiger partial charge in [0.1, 0.15) is 117 Å². The number of anilines is 2. The van der Waals surface area contributed by atoms with Crippen LogP contribution in [0, 0.1) is 5.92 Å². The van der Waals surface area contributed by atoms with Crippen molar-refractivity contribution in [2.75, 3.05) is 38.4 Å². The van der Waals surface area contributed by atoms with Crippen LogP contribution in [0.25, 0.3) is 11.3 Å². The van der Waals surface area contributed by atoms with Gasteiger partial charge in [-0.2, -0.15) is 5.10 Å². The third kappa shape index (κ3) is 19.1. The predicted molar refractivity (Wildman–Crippen MR) is 462 cm³/mol. The maximum atomic E-state index is 10.6. The van der Waals surface area contributed by atoms with Gasteiger partial charge in [-0.05, 0) is 222 Å². The summed E-state index contributed by atoms with van der Waals surface area (Å²) in [4.78, 5) is 0. The van der Waals surface area contributed by atoms with Crippen LogP contribution in [0.5, 0.6) is 34.5 Å². The highest BCUT2D eigenvalue weighted by Gasteiger charge is 2.48. The Morgan fingerprint density at radius 3 is 1.66 bits per heavy atom. The standard InChI is InChI=1S/C26H32O6.C25H24ClNO5.C24H25ClN2O5.C22H26O6/c27-14-22-23(28)24(29)25(30)26(32-22)18-7-8-20(16-3-1-4-16)19(13-18)12-15-6-9-21-17(11-15)5-2-10-31-21;1-13-22(28)23(29)24(30)25(31-13)15-7-8-17(26)16(12-15)10-14-6-9-21-19(11-14)27-18-4-2-3-5-20(18)32-21;1-2-18-21(28)22(29)23(30)24(32-18)13-4-5-17(25)14(9-13)7-12-3-6-19-16(8-12)20-15(11-31-19)10-26-27-20;23-12-16-11-17(21(25)22(26)20(16)24)15-3-1-2-13(9-15)8-14-4-5-18-19(10-14)28-7-6-27-18/h6-9,11,13,16,22-30H,1-5,10,12,14H2;2-9,11-13,22-25,27-30H,10H2,1H3;3-6,8-10,18,21-24,28-30H,2,7,11H2,1H3,(H,26,27);1-5,9-10,16-17,20-26H,6-8,11-12H2/t22-,23-,24+,25-,26+;13-,22-,23+,24-,25+;18-,21-,22+,23-,24+;16-,17+,20-,21+,22+/m1111/s1. The number of fused-ring (bicyclic) bond motifs is 7. The largest absolute Gasteiger partial charge is 0.493 e. The van der Waals surface area contributed by atoms with Gasteiger partial charge in [0.15, 0.2) is 23.0 Å². The van der Waals surface area contributed by atoms with Crippen LogP contribution in [0.4, 0.5) is 11.4 Å². The molecule has 124 heavy (non-hydrogen) atoms. The second-order valence-electron chi connectivity index (χ2n) is 33.8. The number of halogens is 2. The summed E-state index contributed by atoms with van der Waals surface area (Å²) in [6.07, 6.45) is -8.11. The maximum Gasteiger partial charge on any atom is 0.161 e.